The van der Waals surface area contributed by atoms with Crippen molar-refractivity contribution in [3.8, 4) is 5.75 Å². The van der Waals surface area contributed by atoms with E-state index in [4.69, 9.17) is 9.47 Å². The Morgan fingerprint density at radius 1 is 1.15 bits per heavy atom. The number of fused-ring (bicyclic) bond motifs is 1. The van der Waals surface area contributed by atoms with Crippen LogP contribution in [-0.4, -0.2) is 32.6 Å². The standard InChI is InChI=1S/C15H15NO4/c1-16-14(17)9-20-15(18)12-7-10-5-3-4-6-11(10)8-13(12)19-2/h3-8H,9H2,1-2H3,(H,16,17). The summed E-state index contributed by atoms with van der Waals surface area (Å²) in [6, 6.07) is 11.1. The van der Waals surface area contributed by atoms with Gasteiger partial charge in [-0.2, -0.15) is 0 Å². The first-order valence-electron chi connectivity index (χ1n) is 6.10. The lowest BCUT2D eigenvalue weighted by Gasteiger charge is -2.10. The molecule has 0 saturated heterocycles. The molecule has 104 valence electrons. The van der Waals surface area contributed by atoms with Crippen LogP contribution >= 0.6 is 0 Å². The van der Waals surface area contributed by atoms with Crippen molar-refractivity contribution in [2.45, 2.75) is 0 Å². The average Bonchev–Trinajstić information content (AvgIpc) is 2.50. The molecular formula is C15H15NO4. The van der Waals surface area contributed by atoms with Crippen LogP contribution in [0.1, 0.15) is 10.4 Å². The summed E-state index contributed by atoms with van der Waals surface area (Å²) >= 11 is 0. The van der Waals surface area contributed by atoms with E-state index in [2.05, 4.69) is 5.32 Å². The second kappa shape index (κ2) is 6.06. The van der Waals surface area contributed by atoms with Crippen LogP contribution in [0.15, 0.2) is 36.4 Å². The quantitative estimate of drug-likeness (QED) is 0.862. The number of carbonyl (C=O) groups excluding carboxylic acids is 2. The highest BCUT2D eigenvalue weighted by molar-refractivity contribution is 5.99. The third kappa shape index (κ3) is 2.88. The number of hydrogen-bond acceptors (Lipinski definition) is 4. The van der Waals surface area contributed by atoms with Crippen molar-refractivity contribution in [2.24, 2.45) is 0 Å². The van der Waals surface area contributed by atoms with E-state index in [0.29, 0.717) is 11.3 Å². The minimum atomic E-state index is -0.587. The van der Waals surface area contributed by atoms with E-state index in [1.165, 1.54) is 14.2 Å². The van der Waals surface area contributed by atoms with Gasteiger partial charge in [-0.1, -0.05) is 24.3 Å². The van der Waals surface area contributed by atoms with Gasteiger partial charge in [-0.3, -0.25) is 4.79 Å². The van der Waals surface area contributed by atoms with Gasteiger partial charge in [-0.05, 0) is 22.9 Å². The highest BCUT2D eigenvalue weighted by Gasteiger charge is 2.16. The normalized spacial score (nSPS) is 10.1. The predicted octanol–water partition coefficient (Wildman–Crippen LogP) is 1.75. The maximum absolute atomic E-state index is 12.0. The zero-order valence-corrected chi connectivity index (χ0v) is 11.3. The number of esters is 1. The third-order valence-corrected chi connectivity index (χ3v) is 2.90. The molecule has 5 heteroatoms. The van der Waals surface area contributed by atoms with Crippen molar-refractivity contribution >= 4 is 22.6 Å². The Labute approximate surface area is 116 Å². The fourth-order valence-corrected chi connectivity index (χ4v) is 1.83. The van der Waals surface area contributed by atoms with Gasteiger partial charge >= 0.3 is 5.97 Å². The van der Waals surface area contributed by atoms with Gasteiger partial charge in [0.15, 0.2) is 6.61 Å². The molecule has 0 radical (unpaired) electrons. The number of hydrogen-bond donors (Lipinski definition) is 1. The fourth-order valence-electron chi connectivity index (χ4n) is 1.83. The Morgan fingerprint density at radius 3 is 2.40 bits per heavy atom. The van der Waals surface area contributed by atoms with Crippen molar-refractivity contribution in [3.63, 3.8) is 0 Å². The lowest BCUT2D eigenvalue weighted by atomic mass is 10.1. The maximum Gasteiger partial charge on any atom is 0.342 e. The van der Waals surface area contributed by atoms with E-state index in [1.807, 2.05) is 24.3 Å². The summed E-state index contributed by atoms with van der Waals surface area (Å²) in [5.74, 6) is -0.528. The zero-order chi connectivity index (χ0) is 14.5. The average molecular weight is 273 g/mol. The molecule has 5 nitrogen and oxygen atoms in total. The van der Waals surface area contributed by atoms with Crippen LogP contribution in [0.25, 0.3) is 10.8 Å². The number of rotatable bonds is 4. The number of benzene rings is 2. The summed E-state index contributed by atoms with van der Waals surface area (Å²) in [6.45, 7) is -0.314. The number of nitrogens with one attached hydrogen (secondary N) is 1. The number of carbonyl (C=O) groups is 2. The molecule has 0 aliphatic heterocycles. The third-order valence-electron chi connectivity index (χ3n) is 2.90. The maximum atomic E-state index is 12.0. The van der Waals surface area contributed by atoms with Gasteiger partial charge in [0.25, 0.3) is 5.91 Å². The van der Waals surface area contributed by atoms with Crippen LogP contribution in [0.3, 0.4) is 0 Å². The molecule has 2 aromatic rings. The van der Waals surface area contributed by atoms with Crippen molar-refractivity contribution in [1.29, 1.82) is 0 Å². The second-order valence-corrected chi connectivity index (χ2v) is 4.15. The van der Waals surface area contributed by atoms with Crippen LogP contribution < -0.4 is 10.1 Å². The summed E-state index contributed by atoms with van der Waals surface area (Å²) in [4.78, 5) is 23.1. The minimum absolute atomic E-state index is 0.301. The first-order valence-corrected chi connectivity index (χ1v) is 6.10. The van der Waals surface area contributed by atoms with Crippen molar-refractivity contribution in [1.82, 2.24) is 5.32 Å². The van der Waals surface area contributed by atoms with Crippen molar-refractivity contribution in [2.75, 3.05) is 20.8 Å². The predicted molar refractivity (Wildman–Crippen MR) is 74.8 cm³/mol. The summed E-state index contributed by atoms with van der Waals surface area (Å²) in [5.41, 5.74) is 0.301. The SMILES string of the molecule is CNC(=O)COC(=O)c1cc2ccccc2cc1OC. The van der Waals surface area contributed by atoms with Crippen LogP contribution in [0.2, 0.25) is 0 Å². The molecular weight excluding hydrogens is 258 g/mol. The van der Waals surface area contributed by atoms with Crippen LogP contribution in [0.5, 0.6) is 5.75 Å². The zero-order valence-electron chi connectivity index (χ0n) is 11.3. The Bertz CT molecular complexity index is 651. The summed E-state index contributed by atoms with van der Waals surface area (Å²) < 4.78 is 10.1. The molecule has 0 aliphatic carbocycles. The molecule has 0 saturated carbocycles. The Balaban J connectivity index is 2.32. The van der Waals surface area contributed by atoms with E-state index in [0.717, 1.165) is 10.8 Å². The van der Waals surface area contributed by atoms with Crippen LogP contribution in [0.4, 0.5) is 0 Å². The molecule has 0 heterocycles. The highest BCUT2D eigenvalue weighted by atomic mass is 16.5. The molecule has 0 atom stereocenters. The van der Waals surface area contributed by atoms with Gasteiger partial charge in [0.05, 0.1) is 7.11 Å². The highest BCUT2D eigenvalue weighted by Crippen LogP contribution is 2.26. The number of amides is 1. The summed E-state index contributed by atoms with van der Waals surface area (Å²) in [7, 11) is 2.96. The van der Waals surface area contributed by atoms with Crippen molar-refractivity contribution < 1.29 is 19.1 Å². The first-order chi connectivity index (χ1) is 9.65. The van der Waals surface area contributed by atoms with E-state index in [-0.39, 0.29) is 12.5 Å². The number of ether oxygens (including phenoxy) is 2. The molecule has 0 bridgehead atoms. The lowest BCUT2D eigenvalue weighted by molar-refractivity contribution is -0.123. The van der Waals surface area contributed by atoms with Crippen LogP contribution in [0, 0.1) is 0 Å². The molecule has 20 heavy (non-hydrogen) atoms. The molecule has 0 aromatic heterocycles. The van der Waals surface area contributed by atoms with Gasteiger partial charge in [0, 0.05) is 7.05 Å². The molecule has 0 fully saturated rings. The number of methoxy groups -OCH3 is 1. The topological polar surface area (TPSA) is 64.6 Å². The van der Waals surface area contributed by atoms with Gasteiger partial charge in [-0.15, -0.1) is 0 Å². The van der Waals surface area contributed by atoms with E-state index >= 15 is 0 Å². The smallest absolute Gasteiger partial charge is 0.342 e. The van der Waals surface area contributed by atoms with E-state index in [9.17, 15) is 9.59 Å². The van der Waals surface area contributed by atoms with Crippen molar-refractivity contribution in [3.05, 3.63) is 42.0 Å². The molecule has 2 aromatic carbocycles. The summed E-state index contributed by atoms with van der Waals surface area (Å²) in [6.07, 6.45) is 0. The van der Waals surface area contributed by atoms with Gasteiger partial charge in [0.1, 0.15) is 11.3 Å². The van der Waals surface area contributed by atoms with E-state index < -0.39 is 5.97 Å². The number of likely N-dealkylation sites (N-methyl/N-ethyl adjacent to an activating group) is 1. The Hall–Kier alpha value is -2.56. The van der Waals surface area contributed by atoms with Gasteiger partial charge in [-0.25, -0.2) is 4.79 Å². The van der Waals surface area contributed by atoms with Gasteiger partial charge < -0.3 is 14.8 Å². The fraction of sp³-hybridized carbons (Fsp3) is 0.200. The largest absolute Gasteiger partial charge is 0.496 e. The Morgan fingerprint density at radius 2 is 1.80 bits per heavy atom. The monoisotopic (exact) mass is 273 g/mol. The van der Waals surface area contributed by atoms with Crippen LogP contribution in [-0.2, 0) is 9.53 Å². The van der Waals surface area contributed by atoms with Gasteiger partial charge in [0.2, 0.25) is 0 Å². The molecule has 0 spiro atoms. The molecule has 0 unspecified atom stereocenters. The van der Waals surface area contributed by atoms with E-state index in [1.54, 1.807) is 12.1 Å². The molecule has 0 aliphatic rings. The Kier molecular flexibility index (Phi) is 4.20. The first kappa shape index (κ1) is 13.9. The summed E-state index contributed by atoms with van der Waals surface area (Å²) in [5, 5.41) is 4.25. The minimum Gasteiger partial charge on any atom is -0.496 e. The molecule has 1 amide bonds. The molecule has 1 N–H and O–H groups in total. The second-order valence-electron chi connectivity index (χ2n) is 4.15. The molecule has 2 rings (SSSR count). The lowest BCUT2D eigenvalue weighted by Crippen LogP contribution is -2.25.